The summed E-state index contributed by atoms with van der Waals surface area (Å²) in [6, 6.07) is 8.57. The van der Waals surface area contributed by atoms with Crippen LogP contribution in [-0.2, 0) is 18.5 Å². The predicted octanol–water partition coefficient (Wildman–Crippen LogP) is 3.11. The van der Waals surface area contributed by atoms with E-state index in [1.807, 2.05) is 19.3 Å². The quantitative estimate of drug-likeness (QED) is 0.448. The van der Waals surface area contributed by atoms with Crippen molar-refractivity contribution in [2.24, 2.45) is 0 Å². The minimum Gasteiger partial charge on any atom is -0.366 e. The number of benzene rings is 1. The van der Waals surface area contributed by atoms with Crippen LogP contribution < -0.4 is 16.1 Å². The summed E-state index contributed by atoms with van der Waals surface area (Å²) < 4.78 is 1.53. The van der Waals surface area contributed by atoms with Gasteiger partial charge in [0.1, 0.15) is 11.3 Å². The normalized spacial score (nSPS) is 15.1. The highest BCUT2D eigenvalue weighted by Gasteiger charge is 2.22. The van der Waals surface area contributed by atoms with Crippen LogP contribution in [0.25, 0.3) is 22.4 Å². The fourth-order valence-electron chi connectivity index (χ4n) is 4.71. The molecule has 9 nitrogen and oxygen atoms in total. The second-order valence-electron chi connectivity index (χ2n) is 10.4. The van der Waals surface area contributed by atoms with Gasteiger partial charge in [-0.25, -0.2) is 9.78 Å². The van der Waals surface area contributed by atoms with Crippen molar-refractivity contribution in [1.82, 2.24) is 29.4 Å². The maximum atomic E-state index is 12.3. The molecule has 0 bridgehead atoms. The molecule has 1 fully saturated rings. The van der Waals surface area contributed by atoms with E-state index in [9.17, 15) is 9.59 Å². The van der Waals surface area contributed by atoms with Gasteiger partial charge < -0.3 is 14.5 Å². The Labute approximate surface area is 209 Å². The van der Waals surface area contributed by atoms with Crippen molar-refractivity contribution in [2.45, 2.75) is 46.2 Å². The molecule has 1 aromatic carbocycles. The zero-order valence-electron chi connectivity index (χ0n) is 21.3. The van der Waals surface area contributed by atoms with E-state index in [4.69, 9.17) is 4.98 Å². The molecule has 0 saturated carbocycles. The number of piperazine rings is 1. The minimum atomic E-state index is -0.361. The summed E-state index contributed by atoms with van der Waals surface area (Å²) in [4.78, 5) is 43.9. The maximum Gasteiger partial charge on any atom is 0.328 e. The Hall–Kier alpha value is -3.72. The van der Waals surface area contributed by atoms with Gasteiger partial charge in [0.2, 0.25) is 0 Å². The van der Waals surface area contributed by atoms with Gasteiger partial charge in [0, 0.05) is 56.6 Å². The van der Waals surface area contributed by atoms with Crippen LogP contribution in [0.3, 0.4) is 0 Å². The van der Waals surface area contributed by atoms with Crippen molar-refractivity contribution in [1.29, 1.82) is 0 Å². The lowest BCUT2D eigenvalue weighted by Crippen LogP contribution is -2.47. The van der Waals surface area contributed by atoms with Gasteiger partial charge in [0.05, 0.1) is 23.6 Å². The van der Waals surface area contributed by atoms with E-state index in [1.165, 1.54) is 10.1 Å². The first-order chi connectivity index (χ1) is 17.2. The lowest BCUT2D eigenvalue weighted by Gasteiger charge is -2.35. The monoisotopic (exact) mass is 487 g/mol. The summed E-state index contributed by atoms with van der Waals surface area (Å²) in [5, 5.41) is 0. The Bertz CT molecular complexity index is 1480. The van der Waals surface area contributed by atoms with Crippen molar-refractivity contribution in [3.05, 3.63) is 74.8 Å². The van der Waals surface area contributed by atoms with E-state index in [0.717, 1.165) is 54.3 Å². The van der Waals surface area contributed by atoms with Gasteiger partial charge in [-0.15, -0.1) is 0 Å². The summed E-state index contributed by atoms with van der Waals surface area (Å²) in [5.74, 6) is 0.837. The number of hydrogen-bond donors (Lipinski definition) is 2. The molecule has 1 saturated heterocycles. The number of nitrogens with one attached hydrogen (secondary N) is 2. The Morgan fingerprint density at radius 1 is 0.972 bits per heavy atom. The van der Waals surface area contributed by atoms with Crippen LogP contribution in [0, 0.1) is 0 Å². The van der Waals surface area contributed by atoms with Crippen LogP contribution in [0.2, 0.25) is 0 Å². The Morgan fingerprint density at radius 2 is 1.69 bits per heavy atom. The van der Waals surface area contributed by atoms with Gasteiger partial charge in [0.15, 0.2) is 0 Å². The Morgan fingerprint density at radius 3 is 2.36 bits per heavy atom. The third-order valence-corrected chi connectivity index (χ3v) is 6.93. The molecule has 0 amide bonds. The third-order valence-electron chi connectivity index (χ3n) is 6.93. The van der Waals surface area contributed by atoms with Crippen molar-refractivity contribution >= 4 is 16.7 Å². The van der Waals surface area contributed by atoms with Gasteiger partial charge in [-0.1, -0.05) is 45.0 Å². The van der Waals surface area contributed by atoms with Crippen molar-refractivity contribution < 1.29 is 0 Å². The number of nitrogens with zero attached hydrogens (tertiary/aromatic N) is 5. The Kier molecular flexibility index (Phi) is 6.26. The minimum absolute atomic E-state index is 0.107. The fourth-order valence-corrected chi connectivity index (χ4v) is 4.71. The van der Waals surface area contributed by atoms with E-state index >= 15 is 0 Å². The maximum absolute atomic E-state index is 12.3. The SMILES string of the molecule is CCn1cc(CN2CCN(c3cncc4[nH]c(-c5ccc(C(C)(C)C)cc5)nc34)CC2)c(=O)[nH]c1=O. The van der Waals surface area contributed by atoms with Crippen LogP contribution in [0.1, 0.15) is 38.8 Å². The highest BCUT2D eigenvalue weighted by molar-refractivity contribution is 5.90. The van der Waals surface area contributed by atoms with E-state index in [-0.39, 0.29) is 16.7 Å². The Balaban J connectivity index is 1.32. The largest absolute Gasteiger partial charge is 0.366 e. The number of aromatic nitrogens is 5. The van der Waals surface area contributed by atoms with Crippen LogP contribution >= 0.6 is 0 Å². The molecule has 5 rings (SSSR count). The first kappa shape index (κ1) is 24.0. The molecule has 0 unspecified atom stereocenters. The van der Waals surface area contributed by atoms with Crippen LogP contribution in [0.5, 0.6) is 0 Å². The van der Waals surface area contributed by atoms with E-state index in [2.05, 4.69) is 69.8 Å². The zero-order chi connectivity index (χ0) is 25.4. The molecule has 0 atom stereocenters. The molecule has 2 N–H and O–H groups in total. The van der Waals surface area contributed by atoms with E-state index < -0.39 is 0 Å². The van der Waals surface area contributed by atoms with Gasteiger partial charge in [-0.2, -0.15) is 0 Å². The number of hydrogen-bond acceptors (Lipinski definition) is 6. The van der Waals surface area contributed by atoms with Crippen LogP contribution in [0.15, 0.2) is 52.4 Å². The summed E-state index contributed by atoms with van der Waals surface area (Å²) >= 11 is 0. The summed E-state index contributed by atoms with van der Waals surface area (Å²) in [6.45, 7) is 12.8. The predicted molar refractivity (Wildman–Crippen MR) is 143 cm³/mol. The molecule has 36 heavy (non-hydrogen) atoms. The highest BCUT2D eigenvalue weighted by atomic mass is 16.2. The van der Waals surface area contributed by atoms with E-state index in [1.54, 1.807) is 6.20 Å². The smallest absolute Gasteiger partial charge is 0.328 e. The van der Waals surface area contributed by atoms with Gasteiger partial charge in [-0.05, 0) is 17.9 Å². The summed E-state index contributed by atoms with van der Waals surface area (Å²) in [7, 11) is 0. The van der Waals surface area contributed by atoms with Crippen LogP contribution in [0.4, 0.5) is 5.69 Å². The number of imidazole rings is 1. The van der Waals surface area contributed by atoms with E-state index in [0.29, 0.717) is 18.7 Å². The second-order valence-corrected chi connectivity index (χ2v) is 10.4. The second kappa shape index (κ2) is 9.39. The molecule has 0 radical (unpaired) electrons. The molecule has 4 aromatic rings. The third kappa shape index (κ3) is 4.70. The molecule has 1 aliphatic rings. The number of H-pyrrole nitrogens is 2. The highest BCUT2D eigenvalue weighted by Crippen LogP contribution is 2.30. The molecular weight excluding hydrogens is 454 g/mol. The topological polar surface area (TPSA) is 103 Å². The molecule has 0 spiro atoms. The number of pyridine rings is 1. The lowest BCUT2D eigenvalue weighted by atomic mass is 9.87. The first-order valence-corrected chi connectivity index (χ1v) is 12.5. The number of fused-ring (bicyclic) bond motifs is 1. The lowest BCUT2D eigenvalue weighted by molar-refractivity contribution is 0.248. The van der Waals surface area contributed by atoms with Gasteiger partial charge in [0.25, 0.3) is 5.56 Å². The van der Waals surface area contributed by atoms with Crippen molar-refractivity contribution in [3.63, 3.8) is 0 Å². The zero-order valence-corrected chi connectivity index (χ0v) is 21.3. The average Bonchev–Trinajstić information content (AvgIpc) is 3.30. The van der Waals surface area contributed by atoms with Crippen molar-refractivity contribution in [3.8, 4) is 11.4 Å². The summed E-state index contributed by atoms with van der Waals surface area (Å²) in [5.41, 5.74) is 5.24. The van der Waals surface area contributed by atoms with Crippen LogP contribution in [-0.4, -0.2) is 55.6 Å². The number of aryl methyl sites for hydroxylation is 1. The van der Waals surface area contributed by atoms with Crippen molar-refractivity contribution in [2.75, 3.05) is 31.1 Å². The number of anilines is 1. The summed E-state index contributed by atoms with van der Waals surface area (Å²) in [6.07, 6.45) is 5.38. The van der Waals surface area contributed by atoms with Gasteiger partial charge >= 0.3 is 5.69 Å². The van der Waals surface area contributed by atoms with Gasteiger partial charge in [-0.3, -0.25) is 19.7 Å². The molecule has 0 aliphatic carbocycles. The molecule has 3 aromatic heterocycles. The molecule has 4 heterocycles. The number of aromatic amines is 2. The fraction of sp³-hybridized carbons (Fsp3) is 0.407. The number of rotatable bonds is 5. The molecular formula is C27H33N7O2. The molecule has 9 heteroatoms. The molecule has 1 aliphatic heterocycles. The molecule has 188 valence electrons. The average molecular weight is 488 g/mol. The standard InChI is InChI=1S/C27H33N7O2/c1-5-33-17-19(25(35)31-26(33)36)16-32-10-12-34(13-11-32)22-15-28-14-21-23(22)30-24(29-21)18-6-8-20(9-7-18)27(2,3)4/h6-9,14-15,17H,5,10-13,16H2,1-4H3,(H,29,30)(H,31,35,36). The first-order valence-electron chi connectivity index (χ1n) is 12.5.